The summed E-state index contributed by atoms with van der Waals surface area (Å²) in [5, 5.41) is 11.2. The molecule has 0 aliphatic carbocycles. The zero-order valence-corrected chi connectivity index (χ0v) is 25.4. The van der Waals surface area contributed by atoms with E-state index >= 15 is 0 Å². The van der Waals surface area contributed by atoms with Crippen LogP contribution < -0.4 is 0 Å². The third kappa shape index (κ3) is 6.63. The summed E-state index contributed by atoms with van der Waals surface area (Å²) in [5.74, 6) is -0.601. The molecule has 0 bridgehead atoms. The molecule has 2 aromatic rings. The van der Waals surface area contributed by atoms with Gasteiger partial charge in [-0.15, -0.1) is 0 Å². The molecule has 2 saturated heterocycles. The van der Waals surface area contributed by atoms with Gasteiger partial charge in [-0.05, 0) is 88.8 Å². The maximum Gasteiger partial charge on any atom is 0.229 e. The van der Waals surface area contributed by atoms with Gasteiger partial charge in [0.15, 0.2) is 5.79 Å². The summed E-state index contributed by atoms with van der Waals surface area (Å²) in [6.07, 6.45) is 2.31. The Morgan fingerprint density at radius 2 is 1.79 bits per heavy atom. The molecule has 0 aromatic heterocycles. The predicted molar refractivity (Wildman–Crippen MR) is 156 cm³/mol. The highest BCUT2D eigenvalue weighted by Crippen LogP contribution is 2.53. The number of likely N-dealkylation sites (tertiary alicyclic amines) is 1. The van der Waals surface area contributed by atoms with E-state index in [4.69, 9.17) is 32.7 Å². The second kappa shape index (κ2) is 11.4. The maximum absolute atomic E-state index is 14.8. The molecule has 0 radical (unpaired) electrons. The first kappa shape index (κ1) is 29.9. The van der Waals surface area contributed by atoms with Crippen LogP contribution in [0.3, 0.4) is 0 Å². The number of rotatable bonds is 8. The van der Waals surface area contributed by atoms with Gasteiger partial charge in [0, 0.05) is 27.4 Å². The zero-order valence-electron chi connectivity index (χ0n) is 23.8. The number of amides is 1. The largest absolute Gasteiger partial charge is 0.348 e. The van der Waals surface area contributed by atoms with Crippen LogP contribution in [0, 0.1) is 22.2 Å². The maximum atomic E-state index is 14.8. The lowest BCUT2D eigenvalue weighted by molar-refractivity contribution is -0.163. The molecule has 0 N–H and O–H groups in total. The van der Waals surface area contributed by atoms with Gasteiger partial charge in [0.1, 0.15) is 0 Å². The minimum Gasteiger partial charge on any atom is -0.348 e. The molecular weight excluding hydrogens is 531 g/mol. The van der Waals surface area contributed by atoms with Crippen molar-refractivity contribution in [3.63, 3.8) is 0 Å². The molecule has 2 aromatic carbocycles. The first-order valence-corrected chi connectivity index (χ1v) is 14.6. The zero-order chi connectivity index (χ0) is 28.6. The number of carbonyl (C=O) groups excluding carboxylic acids is 1. The molecule has 1 amide bonds. The molecule has 2 fully saturated rings. The standard InChI is InChI=1S/C32H40Cl2N2O3/c1-7-25(16-30(2,3)20-35)36-28(21-11-13-23(33)14-12-21)27(22-9-8-10-24(34)15-22)18-32(6,29(36)37)17-26-19-38-31(4,5)39-26/h8-15,25-28H,7,16-19H2,1-6H3. The molecule has 4 rings (SSSR count). The normalized spacial score (nSPS) is 27.8. The highest BCUT2D eigenvalue weighted by atomic mass is 35.5. The number of halogens is 2. The van der Waals surface area contributed by atoms with Crippen molar-refractivity contribution in [1.82, 2.24) is 4.90 Å². The second-order valence-corrected chi connectivity index (χ2v) is 13.4. The van der Waals surface area contributed by atoms with E-state index < -0.39 is 16.6 Å². The van der Waals surface area contributed by atoms with Gasteiger partial charge >= 0.3 is 0 Å². The Labute approximate surface area is 243 Å². The third-order valence-corrected chi connectivity index (χ3v) is 8.74. The van der Waals surface area contributed by atoms with Crippen LogP contribution in [-0.2, 0) is 14.3 Å². The molecular formula is C32H40Cl2N2O3. The van der Waals surface area contributed by atoms with E-state index in [1.54, 1.807) is 0 Å². The molecule has 2 aliphatic heterocycles. The van der Waals surface area contributed by atoms with Crippen molar-refractivity contribution in [3.05, 3.63) is 69.7 Å². The monoisotopic (exact) mass is 570 g/mol. The van der Waals surface area contributed by atoms with Crippen molar-refractivity contribution in [2.24, 2.45) is 10.8 Å². The molecule has 210 valence electrons. The minimum absolute atomic E-state index is 0.0258. The van der Waals surface area contributed by atoms with Crippen LogP contribution in [0.2, 0.25) is 10.0 Å². The van der Waals surface area contributed by atoms with E-state index in [9.17, 15) is 10.1 Å². The van der Waals surface area contributed by atoms with Gasteiger partial charge in [-0.2, -0.15) is 5.26 Å². The number of hydrogen-bond acceptors (Lipinski definition) is 4. The average molecular weight is 572 g/mol. The minimum atomic E-state index is -0.700. The molecule has 39 heavy (non-hydrogen) atoms. The molecule has 2 aliphatic rings. The van der Waals surface area contributed by atoms with E-state index in [1.165, 1.54) is 0 Å². The van der Waals surface area contributed by atoms with Gasteiger partial charge in [-0.25, -0.2) is 0 Å². The Balaban J connectivity index is 1.86. The van der Waals surface area contributed by atoms with Crippen LogP contribution in [-0.4, -0.2) is 35.3 Å². The first-order valence-electron chi connectivity index (χ1n) is 13.8. The number of nitrogens with zero attached hydrogens (tertiary/aromatic N) is 2. The van der Waals surface area contributed by atoms with Crippen LogP contribution >= 0.6 is 23.2 Å². The summed E-state index contributed by atoms with van der Waals surface area (Å²) < 4.78 is 12.1. The van der Waals surface area contributed by atoms with Gasteiger partial charge in [0.2, 0.25) is 5.91 Å². The first-order chi connectivity index (χ1) is 18.3. The second-order valence-electron chi connectivity index (χ2n) is 12.6. The summed E-state index contributed by atoms with van der Waals surface area (Å²) in [7, 11) is 0. The molecule has 0 spiro atoms. The van der Waals surface area contributed by atoms with Crippen molar-refractivity contribution < 1.29 is 14.3 Å². The number of ether oxygens (including phenoxy) is 2. The molecule has 5 atom stereocenters. The predicted octanol–water partition coefficient (Wildman–Crippen LogP) is 8.32. The lowest BCUT2D eigenvalue weighted by Gasteiger charge is -2.53. The fourth-order valence-corrected chi connectivity index (χ4v) is 6.73. The fourth-order valence-electron chi connectivity index (χ4n) is 6.41. The van der Waals surface area contributed by atoms with Gasteiger partial charge in [0.25, 0.3) is 0 Å². The van der Waals surface area contributed by atoms with Gasteiger partial charge in [-0.3, -0.25) is 4.79 Å². The molecule has 7 heteroatoms. The van der Waals surface area contributed by atoms with Crippen molar-refractivity contribution >= 4 is 29.1 Å². The Kier molecular flexibility index (Phi) is 8.74. The topological polar surface area (TPSA) is 62.6 Å². The molecule has 5 nitrogen and oxygen atoms in total. The van der Waals surface area contributed by atoms with Crippen molar-refractivity contribution in [2.75, 3.05) is 6.61 Å². The van der Waals surface area contributed by atoms with Gasteiger partial charge in [0.05, 0.1) is 30.2 Å². The molecule has 5 unspecified atom stereocenters. The van der Waals surface area contributed by atoms with Crippen molar-refractivity contribution in [2.45, 2.75) is 97.1 Å². The van der Waals surface area contributed by atoms with Gasteiger partial charge < -0.3 is 14.4 Å². The van der Waals surface area contributed by atoms with E-state index in [0.717, 1.165) is 17.5 Å². The van der Waals surface area contributed by atoms with Crippen molar-refractivity contribution in [3.8, 4) is 6.07 Å². The lowest BCUT2D eigenvalue weighted by Crippen LogP contribution is -2.57. The number of piperidine rings is 1. The van der Waals surface area contributed by atoms with Crippen LogP contribution in [0.1, 0.15) is 90.3 Å². The van der Waals surface area contributed by atoms with Crippen LogP contribution in [0.4, 0.5) is 0 Å². The lowest BCUT2D eigenvalue weighted by atomic mass is 9.66. The van der Waals surface area contributed by atoms with E-state index in [1.807, 2.05) is 70.2 Å². The number of hydrogen-bond donors (Lipinski definition) is 0. The third-order valence-electron chi connectivity index (χ3n) is 8.25. The Hall–Kier alpha value is -2.10. The summed E-state index contributed by atoms with van der Waals surface area (Å²) in [6, 6.07) is 17.9. The van der Waals surface area contributed by atoms with E-state index in [0.29, 0.717) is 35.9 Å². The number of carbonyl (C=O) groups is 1. The highest BCUT2D eigenvalue weighted by molar-refractivity contribution is 6.30. The summed E-state index contributed by atoms with van der Waals surface area (Å²) in [4.78, 5) is 16.8. The highest BCUT2D eigenvalue weighted by Gasteiger charge is 2.53. The smallest absolute Gasteiger partial charge is 0.229 e. The van der Waals surface area contributed by atoms with Crippen LogP contribution in [0.15, 0.2) is 48.5 Å². The number of nitriles is 1. The van der Waals surface area contributed by atoms with Crippen molar-refractivity contribution in [1.29, 1.82) is 5.26 Å². The quantitative estimate of drug-likeness (QED) is 0.320. The average Bonchev–Trinajstić information content (AvgIpc) is 3.22. The Morgan fingerprint density at radius 1 is 1.10 bits per heavy atom. The van der Waals surface area contributed by atoms with E-state index in [-0.39, 0.29) is 30.0 Å². The van der Waals surface area contributed by atoms with Crippen LogP contribution in [0.25, 0.3) is 0 Å². The molecule has 2 heterocycles. The Bertz CT molecular complexity index is 1220. The summed E-state index contributed by atoms with van der Waals surface area (Å²) in [6.45, 7) is 12.3. The van der Waals surface area contributed by atoms with E-state index in [2.05, 4.69) is 30.9 Å². The SMILES string of the molecule is CCC(CC(C)(C)C#N)N1C(=O)C(C)(CC2COC(C)(C)O2)CC(c2cccc(Cl)c2)C1c1ccc(Cl)cc1. The Morgan fingerprint density at radius 3 is 2.36 bits per heavy atom. The molecule has 0 saturated carbocycles. The van der Waals surface area contributed by atoms with Gasteiger partial charge in [-0.1, -0.05) is 61.3 Å². The summed E-state index contributed by atoms with van der Waals surface area (Å²) >= 11 is 12.8. The fraction of sp³-hybridized carbons (Fsp3) is 0.562. The summed E-state index contributed by atoms with van der Waals surface area (Å²) in [5.41, 5.74) is 0.824. The number of benzene rings is 2. The van der Waals surface area contributed by atoms with Crippen LogP contribution in [0.5, 0.6) is 0 Å².